The maximum Gasteiger partial charge on any atom is 0.456 e. The monoisotopic (exact) mass is 156 g/mol. The zero-order valence-electron chi connectivity index (χ0n) is 7.51. The molecule has 64 valence electrons. The van der Waals surface area contributed by atoms with E-state index in [1.165, 1.54) is 6.42 Å². The molecule has 0 spiro atoms. The Balaban J connectivity index is 2.05. The standard InChI is InChI=1S/C8H17BO2/c1-8(2)4-5-9-10-6-3-7-11-9/h8H,3-7H2,1-2H3. The Morgan fingerprint density at radius 3 is 2.45 bits per heavy atom. The van der Waals surface area contributed by atoms with Crippen molar-refractivity contribution < 1.29 is 9.31 Å². The second kappa shape index (κ2) is 4.78. The zero-order chi connectivity index (χ0) is 8.10. The molecular formula is C8H17BO2. The fraction of sp³-hybridized carbons (Fsp3) is 1.00. The molecule has 0 bridgehead atoms. The highest BCUT2D eigenvalue weighted by molar-refractivity contribution is 6.44. The largest absolute Gasteiger partial charge is 0.456 e. The summed E-state index contributed by atoms with van der Waals surface area (Å²) in [7, 11) is 0.0890. The van der Waals surface area contributed by atoms with Crippen molar-refractivity contribution in [1.82, 2.24) is 0 Å². The molecule has 2 nitrogen and oxygen atoms in total. The lowest BCUT2D eigenvalue weighted by atomic mass is 9.79. The minimum absolute atomic E-state index is 0.0890. The highest BCUT2D eigenvalue weighted by Gasteiger charge is 2.20. The lowest BCUT2D eigenvalue weighted by molar-refractivity contribution is 0.133. The van der Waals surface area contributed by atoms with Gasteiger partial charge in [-0.15, -0.1) is 0 Å². The summed E-state index contributed by atoms with van der Waals surface area (Å²) >= 11 is 0. The van der Waals surface area contributed by atoms with Crippen molar-refractivity contribution in [2.24, 2.45) is 5.92 Å². The van der Waals surface area contributed by atoms with Gasteiger partial charge in [0.1, 0.15) is 0 Å². The van der Waals surface area contributed by atoms with Crippen molar-refractivity contribution in [1.29, 1.82) is 0 Å². The highest BCUT2D eigenvalue weighted by Crippen LogP contribution is 2.12. The first-order chi connectivity index (χ1) is 5.29. The summed E-state index contributed by atoms with van der Waals surface area (Å²) in [5, 5.41) is 0. The molecule has 0 N–H and O–H groups in total. The number of rotatable bonds is 3. The number of hydrogen-bond acceptors (Lipinski definition) is 2. The Hall–Kier alpha value is -0.0151. The van der Waals surface area contributed by atoms with Gasteiger partial charge in [-0.05, 0) is 18.7 Å². The zero-order valence-corrected chi connectivity index (χ0v) is 7.51. The van der Waals surface area contributed by atoms with E-state index in [1.54, 1.807) is 0 Å². The molecule has 0 saturated carbocycles. The molecule has 1 aliphatic heterocycles. The average molecular weight is 156 g/mol. The summed E-state index contributed by atoms with van der Waals surface area (Å²) in [6.45, 7) is 6.21. The normalized spacial score (nSPS) is 19.4. The molecule has 0 amide bonds. The topological polar surface area (TPSA) is 18.5 Å². The van der Waals surface area contributed by atoms with Crippen LogP contribution >= 0.6 is 0 Å². The van der Waals surface area contributed by atoms with Gasteiger partial charge in [0.15, 0.2) is 0 Å². The lowest BCUT2D eigenvalue weighted by Gasteiger charge is -2.20. The third-order valence-electron chi connectivity index (χ3n) is 1.88. The molecule has 3 heteroatoms. The van der Waals surface area contributed by atoms with Gasteiger partial charge in [0.05, 0.1) is 0 Å². The molecule has 11 heavy (non-hydrogen) atoms. The summed E-state index contributed by atoms with van der Waals surface area (Å²) in [5.41, 5.74) is 0. The van der Waals surface area contributed by atoms with E-state index in [1.807, 2.05) is 0 Å². The van der Waals surface area contributed by atoms with Crippen LogP contribution in [-0.2, 0) is 9.31 Å². The van der Waals surface area contributed by atoms with Crippen molar-refractivity contribution >= 4 is 7.12 Å². The van der Waals surface area contributed by atoms with Gasteiger partial charge in [-0.2, -0.15) is 0 Å². The van der Waals surface area contributed by atoms with Gasteiger partial charge in [-0.1, -0.05) is 20.3 Å². The van der Waals surface area contributed by atoms with Gasteiger partial charge in [0, 0.05) is 13.2 Å². The van der Waals surface area contributed by atoms with Crippen LogP contribution in [0.25, 0.3) is 0 Å². The second-order valence-electron chi connectivity index (χ2n) is 3.50. The van der Waals surface area contributed by atoms with Crippen LogP contribution in [0.3, 0.4) is 0 Å². The first kappa shape index (κ1) is 9.08. The van der Waals surface area contributed by atoms with Crippen LogP contribution in [0, 0.1) is 5.92 Å². The fourth-order valence-electron chi connectivity index (χ4n) is 1.17. The molecule has 0 atom stereocenters. The van der Waals surface area contributed by atoms with E-state index in [9.17, 15) is 0 Å². The molecular weight excluding hydrogens is 139 g/mol. The lowest BCUT2D eigenvalue weighted by Crippen LogP contribution is -2.29. The summed E-state index contributed by atoms with van der Waals surface area (Å²) < 4.78 is 10.8. The SMILES string of the molecule is CC(C)CCB1OCCCO1. The van der Waals surface area contributed by atoms with Gasteiger partial charge < -0.3 is 9.31 Å². The fourth-order valence-corrected chi connectivity index (χ4v) is 1.17. The van der Waals surface area contributed by atoms with E-state index in [4.69, 9.17) is 9.31 Å². The van der Waals surface area contributed by atoms with E-state index in [0.717, 1.165) is 31.9 Å². The van der Waals surface area contributed by atoms with Crippen molar-refractivity contribution in [2.75, 3.05) is 13.2 Å². The van der Waals surface area contributed by atoms with Crippen molar-refractivity contribution in [3.63, 3.8) is 0 Å². The Morgan fingerprint density at radius 1 is 1.27 bits per heavy atom. The minimum atomic E-state index is 0.0890. The molecule has 1 rings (SSSR count). The molecule has 1 aliphatic rings. The van der Waals surface area contributed by atoms with Gasteiger partial charge in [-0.3, -0.25) is 0 Å². The van der Waals surface area contributed by atoms with E-state index >= 15 is 0 Å². The van der Waals surface area contributed by atoms with E-state index in [2.05, 4.69) is 13.8 Å². The summed E-state index contributed by atoms with van der Waals surface area (Å²) in [4.78, 5) is 0. The van der Waals surface area contributed by atoms with Crippen LogP contribution in [-0.4, -0.2) is 20.3 Å². The summed E-state index contributed by atoms with van der Waals surface area (Å²) in [6.07, 6.45) is 3.31. The maximum atomic E-state index is 5.41. The molecule has 0 aliphatic carbocycles. The van der Waals surface area contributed by atoms with Crippen LogP contribution in [0.15, 0.2) is 0 Å². The quantitative estimate of drug-likeness (QED) is 0.581. The summed E-state index contributed by atoms with van der Waals surface area (Å²) in [5.74, 6) is 0.754. The van der Waals surface area contributed by atoms with E-state index in [-0.39, 0.29) is 7.12 Å². The van der Waals surface area contributed by atoms with Gasteiger partial charge in [0.2, 0.25) is 0 Å². The van der Waals surface area contributed by atoms with Crippen molar-refractivity contribution in [2.45, 2.75) is 33.0 Å². The first-order valence-electron chi connectivity index (χ1n) is 4.52. The van der Waals surface area contributed by atoms with Crippen LogP contribution in [0.5, 0.6) is 0 Å². The van der Waals surface area contributed by atoms with Crippen LogP contribution in [0.2, 0.25) is 6.32 Å². The predicted octanol–water partition coefficient (Wildman–Crippen LogP) is 1.96. The van der Waals surface area contributed by atoms with Crippen LogP contribution in [0.1, 0.15) is 26.7 Å². The molecule has 1 saturated heterocycles. The van der Waals surface area contributed by atoms with E-state index in [0.29, 0.717) is 0 Å². The Bertz CT molecular complexity index is 100. The molecule has 0 unspecified atom stereocenters. The Labute approximate surface area is 69.4 Å². The third-order valence-corrected chi connectivity index (χ3v) is 1.88. The maximum absolute atomic E-state index is 5.41. The number of hydrogen-bond donors (Lipinski definition) is 0. The first-order valence-corrected chi connectivity index (χ1v) is 4.52. The average Bonchev–Trinajstić information content (AvgIpc) is 2.03. The summed E-state index contributed by atoms with van der Waals surface area (Å²) in [6, 6.07) is 0. The molecule has 1 heterocycles. The molecule has 0 aromatic carbocycles. The Morgan fingerprint density at radius 2 is 1.91 bits per heavy atom. The second-order valence-corrected chi connectivity index (χ2v) is 3.50. The van der Waals surface area contributed by atoms with Crippen LogP contribution in [0.4, 0.5) is 0 Å². The van der Waals surface area contributed by atoms with E-state index < -0.39 is 0 Å². The van der Waals surface area contributed by atoms with Gasteiger partial charge in [0.25, 0.3) is 0 Å². The molecule has 0 aromatic heterocycles. The third kappa shape index (κ3) is 3.78. The van der Waals surface area contributed by atoms with Gasteiger partial charge in [-0.25, -0.2) is 0 Å². The molecule has 0 radical (unpaired) electrons. The van der Waals surface area contributed by atoms with Crippen molar-refractivity contribution in [3.05, 3.63) is 0 Å². The van der Waals surface area contributed by atoms with Crippen LogP contribution < -0.4 is 0 Å². The Kier molecular flexibility index (Phi) is 3.94. The smallest absolute Gasteiger partial charge is 0.411 e. The van der Waals surface area contributed by atoms with Crippen molar-refractivity contribution in [3.8, 4) is 0 Å². The highest BCUT2D eigenvalue weighted by atomic mass is 16.6. The minimum Gasteiger partial charge on any atom is -0.411 e. The predicted molar refractivity (Wildman–Crippen MR) is 46.5 cm³/mol. The molecule has 1 fully saturated rings. The van der Waals surface area contributed by atoms with Gasteiger partial charge >= 0.3 is 7.12 Å². The molecule has 0 aromatic rings.